The Bertz CT molecular complexity index is 578. The number of nitrogens with zero attached hydrogens (tertiary/aromatic N) is 1. The van der Waals surface area contributed by atoms with Crippen LogP contribution in [-0.2, 0) is 17.6 Å². The molecule has 3 heteroatoms. The van der Waals surface area contributed by atoms with E-state index in [4.69, 9.17) is 5.73 Å². The third kappa shape index (κ3) is 3.92. The predicted molar refractivity (Wildman–Crippen MR) is 87.4 cm³/mol. The second kappa shape index (κ2) is 7.04. The summed E-state index contributed by atoms with van der Waals surface area (Å²) < 4.78 is 0. The van der Waals surface area contributed by atoms with Crippen molar-refractivity contribution < 1.29 is 4.79 Å². The fourth-order valence-electron chi connectivity index (χ4n) is 2.29. The minimum Gasteiger partial charge on any atom is -0.320 e. The Labute approximate surface area is 126 Å². The summed E-state index contributed by atoms with van der Waals surface area (Å²) in [5, 5.41) is 0. The van der Waals surface area contributed by atoms with Crippen LogP contribution in [0.15, 0.2) is 54.6 Å². The number of aryl methyl sites for hydroxylation is 1. The normalized spacial score (nSPS) is 12.0. The van der Waals surface area contributed by atoms with Gasteiger partial charge in [-0.05, 0) is 36.1 Å². The molecule has 0 aliphatic rings. The summed E-state index contributed by atoms with van der Waals surface area (Å²) in [4.78, 5) is 14.0. The van der Waals surface area contributed by atoms with Gasteiger partial charge in [0.05, 0.1) is 6.04 Å². The molecule has 2 N–H and O–H groups in total. The molecule has 0 unspecified atom stereocenters. The zero-order valence-electron chi connectivity index (χ0n) is 12.6. The number of benzene rings is 2. The Morgan fingerprint density at radius 3 is 2.24 bits per heavy atom. The van der Waals surface area contributed by atoms with Crippen LogP contribution < -0.4 is 10.6 Å². The van der Waals surface area contributed by atoms with E-state index in [0.29, 0.717) is 6.42 Å². The first-order valence-electron chi connectivity index (χ1n) is 7.28. The van der Waals surface area contributed by atoms with Gasteiger partial charge in [-0.1, -0.05) is 49.4 Å². The standard InChI is InChI=1S/C18H22N2O/c1-3-14-9-11-16(12-10-14)20(2)18(21)17(19)13-15-7-5-4-6-8-15/h4-12,17H,3,13,19H2,1-2H3/t17-/m0/s1. The predicted octanol–water partition coefficient (Wildman–Crippen LogP) is 2.78. The van der Waals surface area contributed by atoms with Gasteiger partial charge in [0.2, 0.25) is 5.91 Å². The highest BCUT2D eigenvalue weighted by Gasteiger charge is 2.19. The topological polar surface area (TPSA) is 46.3 Å². The van der Waals surface area contributed by atoms with Crippen molar-refractivity contribution >= 4 is 11.6 Å². The molecule has 1 atom stereocenters. The molecule has 0 fully saturated rings. The van der Waals surface area contributed by atoms with Crippen molar-refractivity contribution in [2.24, 2.45) is 5.73 Å². The van der Waals surface area contributed by atoms with E-state index in [1.54, 1.807) is 11.9 Å². The van der Waals surface area contributed by atoms with E-state index in [0.717, 1.165) is 17.7 Å². The summed E-state index contributed by atoms with van der Waals surface area (Å²) in [6.45, 7) is 2.11. The van der Waals surface area contributed by atoms with Crippen LogP contribution in [-0.4, -0.2) is 19.0 Å². The summed E-state index contributed by atoms with van der Waals surface area (Å²) in [5.41, 5.74) is 9.26. The molecule has 1 amide bonds. The summed E-state index contributed by atoms with van der Waals surface area (Å²) >= 11 is 0. The summed E-state index contributed by atoms with van der Waals surface area (Å²) in [7, 11) is 1.77. The van der Waals surface area contributed by atoms with Gasteiger partial charge in [-0.2, -0.15) is 0 Å². The molecule has 3 nitrogen and oxygen atoms in total. The number of amides is 1. The zero-order chi connectivity index (χ0) is 15.2. The zero-order valence-corrected chi connectivity index (χ0v) is 12.6. The van der Waals surface area contributed by atoms with Gasteiger partial charge in [0.15, 0.2) is 0 Å². The summed E-state index contributed by atoms with van der Waals surface area (Å²) in [6.07, 6.45) is 1.54. The van der Waals surface area contributed by atoms with Crippen LogP contribution in [0.2, 0.25) is 0 Å². The molecule has 0 bridgehead atoms. The Kier molecular flexibility index (Phi) is 5.12. The molecular formula is C18H22N2O. The van der Waals surface area contributed by atoms with Crippen molar-refractivity contribution in [2.75, 3.05) is 11.9 Å². The molecule has 0 saturated heterocycles. The van der Waals surface area contributed by atoms with E-state index in [2.05, 4.69) is 6.92 Å². The Morgan fingerprint density at radius 2 is 1.67 bits per heavy atom. The average Bonchev–Trinajstić information content (AvgIpc) is 2.54. The fourth-order valence-corrected chi connectivity index (χ4v) is 2.29. The summed E-state index contributed by atoms with van der Waals surface area (Å²) in [6, 6.07) is 17.3. The number of rotatable bonds is 5. The molecule has 0 aliphatic heterocycles. The molecule has 0 saturated carbocycles. The Hall–Kier alpha value is -2.13. The fraction of sp³-hybridized carbons (Fsp3) is 0.278. The van der Waals surface area contributed by atoms with E-state index >= 15 is 0 Å². The van der Waals surface area contributed by atoms with Crippen LogP contribution in [0, 0.1) is 0 Å². The van der Waals surface area contributed by atoms with Crippen molar-refractivity contribution in [3.8, 4) is 0 Å². The molecule has 0 radical (unpaired) electrons. The van der Waals surface area contributed by atoms with Crippen molar-refractivity contribution in [3.63, 3.8) is 0 Å². The number of nitrogens with two attached hydrogens (primary N) is 1. The highest BCUT2D eigenvalue weighted by molar-refractivity contribution is 5.96. The first-order valence-corrected chi connectivity index (χ1v) is 7.28. The van der Waals surface area contributed by atoms with Crippen LogP contribution >= 0.6 is 0 Å². The lowest BCUT2D eigenvalue weighted by Crippen LogP contribution is -2.43. The van der Waals surface area contributed by atoms with E-state index in [1.165, 1.54) is 5.56 Å². The molecule has 0 aromatic heterocycles. The largest absolute Gasteiger partial charge is 0.320 e. The SMILES string of the molecule is CCc1ccc(N(C)C(=O)[C@@H](N)Cc2ccccc2)cc1. The van der Waals surface area contributed by atoms with Gasteiger partial charge in [0, 0.05) is 12.7 Å². The maximum absolute atomic E-state index is 12.4. The smallest absolute Gasteiger partial charge is 0.243 e. The molecule has 2 aromatic carbocycles. The molecule has 0 aliphatic carbocycles. The monoisotopic (exact) mass is 282 g/mol. The quantitative estimate of drug-likeness (QED) is 0.916. The van der Waals surface area contributed by atoms with Gasteiger partial charge in [-0.3, -0.25) is 4.79 Å². The molecule has 0 heterocycles. The van der Waals surface area contributed by atoms with Gasteiger partial charge in [0.1, 0.15) is 0 Å². The van der Waals surface area contributed by atoms with Crippen molar-refractivity contribution in [3.05, 3.63) is 65.7 Å². The number of carbonyl (C=O) groups is 1. The maximum atomic E-state index is 12.4. The van der Waals surface area contributed by atoms with Gasteiger partial charge >= 0.3 is 0 Å². The van der Waals surface area contributed by atoms with E-state index < -0.39 is 6.04 Å². The second-order valence-electron chi connectivity index (χ2n) is 5.21. The number of hydrogen-bond acceptors (Lipinski definition) is 2. The second-order valence-corrected chi connectivity index (χ2v) is 5.21. The molecule has 21 heavy (non-hydrogen) atoms. The van der Waals surface area contributed by atoms with Crippen molar-refractivity contribution in [1.82, 2.24) is 0 Å². The third-order valence-corrected chi connectivity index (χ3v) is 3.68. The first kappa shape index (κ1) is 15.3. The van der Waals surface area contributed by atoms with Gasteiger partial charge in [0.25, 0.3) is 0 Å². The minimum atomic E-state index is -0.525. The lowest BCUT2D eigenvalue weighted by Gasteiger charge is -2.21. The first-order chi connectivity index (χ1) is 10.1. The van der Waals surface area contributed by atoms with Crippen LogP contribution in [0.3, 0.4) is 0 Å². The van der Waals surface area contributed by atoms with Gasteiger partial charge in [-0.25, -0.2) is 0 Å². The number of hydrogen-bond donors (Lipinski definition) is 1. The lowest BCUT2D eigenvalue weighted by atomic mass is 10.1. The van der Waals surface area contributed by atoms with E-state index in [1.807, 2.05) is 54.6 Å². The van der Waals surface area contributed by atoms with Crippen LogP contribution in [0.5, 0.6) is 0 Å². The maximum Gasteiger partial charge on any atom is 0.243 e. The Morgan fingerprint density at radius 1 is 1.05 bits per heavy atom. The van der Waals surface area contributed by atoms with Crippen LogP contribution in [0.25, 0.3) is 0 Å². The molecule has 2 rings (SSSR count). The number of anilines is 1. The average molecular weight is 282 g/mol. The number of carbonyl (C=O) groups excluding carboxylic acids is 1. The molecule has 110 valence electrons. The molecular weight excluding hydrogens is 260 g/mol. The summed E-state index contributed by atoms with van der Waals surface area (Å²) in [5.74, 6) is -0.0666. The number of likely N-dealkylation sites (N-methyl/N-ethyl adjacent to an activating group) is 1. The molecule has 0 spiro atoms. The minimum absolute atomic E-state index is 0.0666. The van der Waals surface area contributed by atoms with Crippen molar-refractivity contribution in [2.45, 2.75) is 25.8 Å². The Balaban J connectivity index is 2.03. The van der Waals surface area contributed by atoms with Gasteiger partial charge < -0.3 is 10.6 Å². The molecule has 2 aromatic rings. The van der Waals surface area contributed by atoms with Gasteiger partial charge in [-0.15, -0.1) is 0 Å². The highest BCUT2D eigenvalue weighted by Crippen LogP contribution is 2.15. The van der Waals surface area contributed by atoms with Crippen molar-refractivity contribution in [1.29, 1.82) is 0 Å². The highest BCUT2D eigenvalue weighted by atomic mass is 16.2. The lowest BCUT2D eigenvalue weighted by molar-refractivity contribution is -0.119. The van der Waals surface area contributed by atoms with E-state index in [9.17, 15) is 4.79 Å². The van der Waals surface area contributed by atoms with Crippen LogP contribution in [0.4, 0.5) is 5.69 Å². The third-order valence-electron chi connectivity index (χ3n) is 3.68. The van der Waals surface area contributed by atoms with Crippen LogP contribution in [0.1, 0.15) is 18.1 Å². The van der Waals surface area contributed by atoms with E-state index in [-0.39, 0.29) is 5.91 Å².